The predicted octanol–water partition coefficient (Wildman–Crippen LogP) is 3.22. The van der Waals surface area contributed by atoms with E-state index in [0.29, 0.717) is 13.1 Å². The summed E-state index contributed by atoms with van der Waals surface area (Å²) in [6.45, 7) is 4.84. The number of hydrogen-bond donors (Lipinski definition) is 2. The number of piperazine rings is 1. The maximum Gasteiger partial charge on any atom is 0.227 e. The molecule has 3 rings (SSSR count). The molecule has 1 fully saturated rings. The van der Waals surface area contributed by atoms with Crippen LogP contribution in [0.2, 0.25) is 0 Å². The molecule has 1 amide bonds. The van der Waals surface area contributed by atoms with Gasteiger partial charge in [0, 0.05) is 37.9 Å². The second kappa shape index (κ2) is 10.4. The van der Waals surface area contributed by atoms with Crippen LogP contribution in [-0.4, -0.2) is 42.1 Å². The average molecular weight is 412 g/mol. The molecule has 1 aliphatic rings. The summed E-state index contributed by atoms with van der Waals surface area (Å²) < 4.78 is 0. The number of rotatable bonds is 4. The normalized spacial score (nSPS) is 15.9. The number of benzene rings is 2. The van der Waals surface area contributed by atoms with Crippen molar-refractivity contribution in [3.05, 3.63) is 60.2 Å². The van der Waals surface area contributed by atoms with Gasteiger partial charge in [0.1, 0.15) is 5.75 Å². The third-order valence-corrected chi connectivity index (χ3v) is 4.92. The molecule has 3 N–H and O–H groups in total. The van der Waals surface area contributed by atoms with Crippen molar-refractivity contribution in [2.75, 3.05) is 31.1 Å². The van der Waals surface area contributed by atoms with E-state index < -0.39 is 0 Å². The SMILES string of the molecule is CC(C(=O)N1CCN(c2ccc(O)cc2)CC1)C(N)c1ccccc1.Cl.Cl. The van der Waals surface area contributed by atoms with E-state index in [4.69, 9.17) is 5.73 Å². The number of aromatic hydroxyl groups is 1. The fraction of sp³-hybridized carbons (Fsp3) is 0.350. The predicted molar refractivity (Wildman–Crippen MR) is 114 cm³/mol. The molecule has 2 atom stereocenters. The quantitative estimate of drug-likeness (QED) is 0.809. The van der Waals surface area contributed by atoms with Crippen LogP contribution in [0.15, 0.2) is 54.6 Å². The minimum absolute atomic E-state index is 0. The molecule has 0 radical (unpaired) electrons. The molecule has 148 valence electrons. The third kappa shape index (κ3) is 5.51. The Bertz CT molecular complexity index is 705. The van der Waals surface area contributed by atoms with Crippen LogP contribution in [-0.2, 0) is 4.79 Å². The van der Waals surface area contributed by atoms with Crippen molar-refractivity contribution >= 4 is 36.4 Å². The smallest absolute Gasteiger partial charge is 0.227 e. The number of hydrogen-bond acceptors (Lipinski definition) is 4. The average Bonchev–Trinajstić information content (AvgIpc) is 2.67. The standard InChI is InChI=1S/C20H25N3O2.2ClH/c1-15(19(21)16-5-3-2-4-6-16)20(25)23-13-11-22(12-14-23)17-7-9-18(24)10-8-17;;/h2-10,15,19,24H,11-14,21H2,1H3;2*1H. The van der Waals surface area contributed by atoms with Gasteiger partial charge in [-0.2, -0.15) is 0 Å². The molecule has 0 bridgehead atoms. The van der Waals surface area contributed by atoms with Crippen LogP contribution in [0, 0.1) is 5.92 Å². The molecule has 0 spiro atoms. The van der Waals surface area contributed by atoms with Gasteiger partial charge in [-0.1, -0.05) is 37.3 Å². The number of halogens is 2. The first kappa shape index (κ1) is 23.1. The lowest BCUT2D eigenvalue weighted by Crippen LogP contribution is -2.51. The van der Waals surface area contributed by atoms with Crippen LogP contribution in [0.3, 0.4) is 0 Å². The Labute approximate surface area is 173 Å². The van der Waals surface area contributed by atoms with E-state index in [-0.39, 0.29) is 48.4 Å². The van der Waals surface area contributed by atoms with Crippen molar-refractivity contribution in [2.45, 2.75) is 13.0 Å². The second-order valence-electron chi connectivity index (χ2n) is 6.55. The molecule has 1 heterocycles. The first-order valence-electron chi connectivity index (χ1n) is 8.69. The van der Waals surface area contributed by atoms with Gasteiger partial charge in [-0.05, 0) is 29.8 Å². The Morgan fingerprint density at radius 1 is 0.963 bits per heavy atom. The summed E-state index contributed by atoms with van der Waals surface area (Å²) in [5, 5.41) is 9.39. The van der Waals surface area contributed by atoms with Crippen molar-refractivity contribution in [3.63, 3.8) is 0 Å². The lowest BCUT2D eigenvalue weighted by molar-refractivity contribution is -0.136. The number of anilines is 1. The zero-order valence-corrected chi connectivity index (χ0v) is 17.0. The van der Waals surface area contributed by atoms with Gasteiger partial charge >= 0.3 is 0 Å². The highest BCUT2D eigenvalue weighted by Crippen LogP contribution is 2.23. The largest absolute Gasteiger partial charge is 0.508 e. The van der Waals surface area contributed by atoms with Gasteiger partial charge < -0.3 is 20.6 Å². The summed E-state index contributed by atoms with van der Waals surface area (Å²) in [6, 6.07) is 16.7. The molecule has 1 aliphatic heterocycles. The van der Waals surface area contributed by atoms with Gasteiger partial charge in [0.2, 0.25) is 5.91 Å². The van der Waals surface area contributed by atoms with Gasteiger partial charge in [0.05, 0.1) is 5.92 Å². The molecule has 27 heavy (non-hydrogen) atoms. The summed E-state index contributed by atoms with van der Waals surface area (Å²) in [6.07, 6.45) is 0. The Hall–Kier alpha value is -1.95. The van der Waals surface area contributed by atoms with E-state index in [2.05, 4.69) is 4.90 Å². The Kier molecular flexibility index (Phi) is 8.89. The molecule has 0 aliphatic carbocycles. The molecule has 7 heteroatoms. The zero-order valence-electron chi connectivity index (χ0n) is 15.3. The lowest BCUT2D eigenvalue weighted by atomic mass is 9.94. The Morgan fingerprint density at radius 3 is 2.07 bits per heavy atom. The maximum absolute atomic E-state index is 12.8. The highest BCUT2D eigenvalue weighted by atomic mass is 35.5. The summed E-state index contributed by atoms with van der Waals surface area (Å²) in [7, 11) is 0. The van der Waals surface area contributed by atoms with Crippen LogP contribution in [0.1, 0.15) is 18.5 Å². The van der Waals surface area contributed by atoms with E-state index in [1.165, 1.54) is 0 Å². The molecule has 2 aromatic rings. The van der Waals surface area contributed by atoms with Gasteiger partial charge in [0.25, 0.3) is 0 Å². The number of nitrogens with zero attached hydrogens (tertiary/aromatic N) is 2. The van der Waals surface area contributed by atoms with Crippen molar-refractivity contribution in [1.29, 1.82) is 0 Å². The summed E-state index contributed by atoms with van der Waals surface area (Å²) in [5.41, 5.74) is 8.36. The van der Waals surface area contributed by atoms with Crippen LogP contribution in [0.4, 0.5) is 5.69 Å². The molecular weight excluding hydrogens is 385 g/mol. The minimum Gasteiger partial charge on any atom is -0.508 e. The van der Waals surface area contributed by atoms with E-state index in [9.17, 15) is 9.90 Å². The first-order chi connectivity index (χ1) is 12.1. The highest BCUT2D eigenvalue weighted by molar-refractivity contribution is 5.85. The highest BCUT2D eigenvalue weighted by Gasteiger charge is 2.29. The topological polar surface area (TPSA) is 69.8 Å². The van der Waals surface area contributed by atoms with Gasteiger partial charge in [-0.15, -0.1) is 24.8 Å². The van der Waals surface area contributed by atoms with E-state index >= 15 is 0 Å². The van der Waals surface area contributed by atoms with Crippen LogP contribution in [0.25, 0.3) is 0 Å². The van der Waals surface area contributed by atoms with Gasteiger partial charge in [-0.25, -0.2) is 0 Å². The van der Waals surface area contributed by atoms with Gasteiger partial charge in [-0.3, -0.25) is 4.79 Å². The number of nitrogens with two attached hydrogens (primary N) is 1. The monoisotopic (exact) mass is 411 g/mol. The number of carbonyl (C=O) groups excluding carboxylic acids is 1. The molecule has 2 aromatic carbocycles. The molecule has 2 unspecified atom stereocenters. The second-order valence-corrected chi connectivity index (χ2v) is 6.55. The van der Waals surface area contributed by atoms with Crippen LogP contribution >= 0.6 is 24.8 Å². The first-order valence-corrected chi connectivity index (χ1v) is 8.69. The molecule has 0 saturated carbocycles. The van der Waals surface area contributed by atoms with E-state index in [0.717, 1.165) is 24.3 Å². The van der Waals surface area contributed by atoms with Crippen molar-refractivity contribution in [1.82, 2.24) is 4.90 Å². The summed E-state index contributed by atoms with van der Waals surface area (Å²) in [5.74, 6) is 0.130. The maximum atomic E-state index is 12.8. The van der Waals surface area contributed by atoms with E-state index in [1.807, 2.05) is 54.3 Å². The van der Waals surface area contributed by atoms with E-state index in [1.54, 1.807) is 12.1 Å². The molecular formula is C20H27Cl2N3O2. The summed E-state index contributed by atoms with van der Waals surface area (Å²) >= 11 is 0. The molecule has 1 saturated heterocycles. The fourth-order valence-corrected chi connectivity index (χ4v) is 3.25. The molecule has 5 nitrogen and oxygen atoms in total. The third-order valence-electron chi connectivity index (χ3n) is 4.92. The van der Waals surface area contributed by atoms with Crippen molar-refractivity contribution in [2.24, 2.45) is 11.7 Å². The van der Waals surface area contributed by atoms with Crippen LogP contribution in [0.5, 0.6) is 5.75 Å². The Morgan fingerprint density at radius 2 is 1.52 bits per heavy atom. The van der Waals surface area contributed by atoms with Crippen molar-refractivity contribution < 1.29 is 9.90 Å². The number of carbonyl (C=O) groups is 1. The summed E-state index contributed by atoms with van der Waals surface area (Å²) in [4.78, 5) is 16.9. The number of phenols is 1. The van der Waals surface area contributed by atoms with Crippen molar-refractivity contribution in [3.8, 4) is 5.75 Å². The fourth-order valence-electron chi connectivity index (χ4n) is 3.25. The molecule has 0 aromatic heterocycles. The minimum atomic E-state index is -0.288. The Balaban J connectivity index is 0.00000182. The van der Waals surface area contributed by atoms with Crippen LogP contribution < -0.4 is 10.6 Å². The number of amides is 1. The lowest BCUT2D eigenvalue weighted by Gasteiger charge is -2.38. The zero-order chi connectivity index (χ0) is 17.8. The number of phenolic OH excluding ortho intramolecular Hbond substituents is 1. The van der Waals surface area contributed by atoms with Gasteiger partial charge in [0.15, 0.2) is 0 Å².